The molecule has 1 aromatic carbocycles. The van der Waals surface area contributed by atoms with Gasteiger partial charge in [0.05, 0.1) is 11.7 Å². The van der Waals surface area contributed by atoms with Gasteiger partial charge in [0.25, 0.3) is 0 Å². The molecule has 0 fully saturated rings. The molecule has 0 amide bonds. The topological polar surface area (TPSA) is 58.1 Å². The van der Waals surface area contributed by atoms with E-state index < -0.39 is 0 Å². The van der Waals surface area contributed by atoms with Crippen molar-refractivity contribution in [1.82, 2.24) is 10.2 Å². The highest BCUT2D eigenvalue weighted by atomic mass is 16.3. The minimum absolute atomic E-state index is 0.430. The van der Waals surface area contributed by atoms with Crippen LogP contribution in [-0.4, -0.2) is 10.2 Å². The van der Waals surface area contributed by atoms with Gasteiger partial charge in [0.1, 0.15) is 5.69 Å². The Labute approximate surface area is 62.2 Å². The average Bonchev–Trinajstić information content (AvgIpc) is 2.50. The first-order valence-electron chi connectivity index (χ1n) is 3.16. The molecule has 1 N–H and O–H groups in total. The zero-order valence-electron chi connectivity index (χ0n) is 5.61. The second kappa shape index (κ2) is 2.16. The molecule has 11 heavy (non-hydrogen) atoms. The molecule has 0 aliphatic heterocycles. The molecule has 4 nitrogen and oxygen atoms in total. The molecule has 1 aromatic heterocycles. The Hall–Kier alpha value is -1.71. The highest BCUT2D eigenvalue weighted by Gasteiger charge is 1.95. The van der Waals surface area contributed by atoms with Crippen molar-refractivity contribution in [1.29, 1.82) is 0 Å². The molecular formula is C7H5N3O. The van der Waals surface area contributed by atoms with Crippen LogP contribution in [0.4, 0.5) is 5.69 Å². The zero-order chi connectivity index (χ0) is 7.68. The van der Waals surface area contributed by atoms with Crippen LogP contribution in [-0.2, 0) is 0 Å². The van der Waals surface area contributed by atoms with Crippen LogP contribution in [0, 0.1) is 4.91 Å². The number of benzene rings is 1. The number of hydrogen-bond donors (Lipinski definition) is 1. The predicted octanol–water partition coefficient (Wildman–Crippen LogP) is 1.96. The standard InChI is InChI=1S/C7H5N3O/c11-10-6-1-2-7-5(3-6)4-8-9-7/h1-4H,(H,8,9). The van der Waals surface area contributed by atoms with Crippen molar-refractivity contribution >= 4 is 16.6 Å². The molecule has 0 atom stereocenters. The molecule has 54 valence electrons. The number of nitroso groups, excluding NO2 is 1. The van der Waals surface area contributed by atoms with Crippen LogP contribution >= 0.6 is 0 Å². The summed E-state index contributed by atoms with van der Waals surface area (Å²) in [4.78, 5) is 10.1. The summed E-state index contributed by atoms with van der Waals surface area (Å²) in [7, 11) is 0. The monoisotopic (exact) mass is 147 g/mol. The molecule has 2 rings (SSSR count). The summed E-state index contributed by atoms with van der Waals surface area (Å²) >= 11 is 0. The maximum atomic E-state index is 10.1. The first-order valence-corrected chi connectivity index (χ1v) is 3.16. The fourth-order valence-electron chi connectivity index (χ4n) is 0.987. The number of aromatic amines is 1. The maximum Gasteiger partial charge on any atom is 0.108 e. The first kappa shape index (κ1) is 6.03. The summed E-state index contributed by atoms with van der Waals surface area (Å²) in [6.45, 7) is 0. The summed E-state index contributed by atoms with van der Waals surface area (Å²) in [5.74, 6) is 0. The van der Waals surface area contributed by atoms with Crippen LogP contribution in [0.3, 0.4) is 0 Å². The number of nitrogens with one attached hydrogen (secondary N) is 1. The van der Waals surface area contributed by atoms with E-state index in [0.29, 0.717) is 5.69 Å². The van der Waals surface area contributed by atoms with Gasteiger partial charge in [-0.3, -0.25) is 5.10 Å². The molecule has 0 bridgehead atoms. The highest BCUT2D eigenvalue weighted by Crippen LogP contribution is 2.18. The van der Waals surface area contributed by atoms with Crippen molar-refractivity contribution < 1.29 is 0 Å². The van der Waals surface area contributed by atoms with Gasteiger partial charge in [0.15, 0.2) is 0 Å². The number of nitrogens with zero attached hydrogens (tertiary/aromatic N) is 2. The van der Waals surface area contributed by atoms with E-state index in [4.69, 9.17) is 0 Å². The SMILES string of the molecule is O=Nc1ccc2[nH]ncc2c1. The van der Waals surface area contributed by atoms with Crippen molar-refractivity contribution in [2.24, 2.45) is 5.18 Å². The Morgan fingerprint density at radius 1 is 1.45 bits per heavy atom. The van der Waals surface area contributed by atoms with E-state index in [0.717, 1.165) is 10.9 Å². The lowest BCUT2D eigenvalue weighted by Crippen LogP contribution is -1.66. The number of H-pyrrole nitrogens is 1. The summed E-state index contributed by atoms with van der Waals surface area (Å²) in [6.07, 6.45) is 1.66. The van der Waals surface area contributed by atoms with E-state index >= 15 is 0 Å². The highest BCUT2D eigenvalue weighted by molar-refractivity contribution is 5.80. The Bertz CT molecular complexity index is 393. The van der Waals surface area contributed by atoms with Gasteiger partial charge in [-0.25, -0.2) is 0 Å². The van der Waals surface area contributed by atoms with E-state index in [1.165, 1.54) is 0 Å². The molecule has 0 unspecified atom stereocenters. The quantitative estimate of drug-likeness (QED) is 0.627. The maximum absolute atomic E-state index is 10.1. The van der Waals surface area contributed by atoms with Crippen LogP contribution in [0.1, 0.15) is 0 Å². The first-order chi connectivity index (χ1) is 5.40. The molecule has 0 saturated heterocycles. The molecular weight excluding hydrogens is 142 g/mol. The van der Waals surface area contributed by atoms with Gasteiger partial charge in [0.2, 0.25) is 0 Å². The number of aromatic nitrogens is 2. The number of fused-ring (bicyclic) bond motifs is 1. The molecule has 0 spiro atoms. The van der Waals surface area contributed by atoms with Gasteiger partial charge < -0.3 is 0 Å². The van der Waals surface area contributed by atoms with Crippen molar-refractivity contribution in [2.45, 2.75) is 0 Å². The largest absolute Gasteiger partial charge is 0.278 e. The van der Waals surface area contributed by atoms with E-state index in [1.807, 2.05) is 0 Å². The van der Waals surface area contributed by atoms with Gasteiger partial charge in [0, 0.05) is 5.39 Å². The normalized spacial score (nSPS) is 10.2. The van der Waals surface area contributed by atoms with Crippen molar-refractivity contribution in [3.63, 3.8) is 0 Å². The molecule has 4 heteroatoms. The van der Waals surface area contributed by atoms with Crippen molar-refractivity contribution in [3.05, 3.63) is 29.3 Å². The Kier molecular flexibility index (Phi) is 1.18. The molecule has 0 radical (unpaired) electrons. The second-order valence-electron chi connectivity index (χ2n) is 2.23. The minimum atomic E-state index is 0.430. The molecule has 0 aliphatic rings. The van der Waals surface area contributed by atoms with Gasteiger partial charge in [-0.05, 0) is 23.4 Å². The third-order valence-corrected chi connectivity index (χ3v) is 1.53. The van der Waals surface area contributed by atoms with Crippen LogP contribution in [0.25, 0.3) is 10.9 Å². The van der Waals surface area contributed by atoms with E-state index in [1.54, 1.807) is 24.4 Å². The molecule has 0 saturated carbocycles. The minimum Gasteiger partial charge on any atom is -0.278 e. The van der Waals surface area contributed by atoms with Crippen LogP contribution in [0.2, 0.25) is 0 Å². The molecule has 0 aliphatic carbocycles. The third-order valence-electron chi connectivity index (χ3n) is 1.53. The lowest BCUT2D eigenvalue weighted by Gasteiger charge is -1.87. The van der Waals surface area contributed by atoms with Gasteiger partial charge in [-0.1, -0.05) is 0 Å². The third kappa shape index (κ3) is 0.881. The van der Waals surface area contributed by atoms with Crippen molar-refractivity contribution in [3.8, 4) is 0 Å². The van der Waals surface area contributed by atoms with Crippen LogP contribution in [0.5, 0.6) is 0 Å². The predicted molar refractivity (Wildman–Crippen MR) is 41.5 cm³/mol. The fourth-order valence-corrected chi connectivity index (χ4v) is 0.987. The Balaban J connectivity index is 2.76. The van der Waals surface area contributed by atoms with E-state index in [9.17, 15) is 4.91 Å². The number of rotatable bonds is 1. The lowest BCUT2D eigenvalue weighted by atomic mass is 10.2. The summed E-state index contributed by atoms with van der Waals surface area (Å²) in [5.41, 5.74) is 1.34. The van der Waals surface area contributed by atoms with Gasteiger partial charge in [-0.2, -0.15) is 5.10 Å². The summed E-state index contributed by atoms with van der Waals surface area (Å²) in [5, 5.41) is 10.3. The van der Waals surface area contributed by atoms with E-state index in [2.05, 4.69) is 15.4 Å². The average molecular weight is 147 g/mol. The number of hydrogen-bond acceptors (Lipinski definition) is 3. The summed E-state index contributed by atoms with van der Waals surface area (Å²) in [6, 6.07) is 5.11. The lowest BCUT2D eigenvalue weighted by molar-refractivity contribution is 1.12. The zero-order valence-corrected chi connectivity index (χ0v) is 5.61. The second-order valence-corrected chi connectivity index (χ2v) is 2.23. The van der Waals surface area contributed by atoms with Crippen LogP contribution in [0.15, 0.2) is 29.6 Å². The fraction of sp³-hybridized carbons (Fsp3) is 0. The van der Waals surface area contributed by atoms with Crippen molar-refractivity contribution in [2.75, 3.05) is 0 Å². The molecule has 2 aromatic rings. The van der Waals surface area contributed by atoms with Crippen LogP contribution < -0.4 is 0 Å². The van der Waals surface area contributed by atoms with Gasteiger partial charge in [-0.15, -0.1) is 4.91 Å². The smallest absolute Gasteiger partial charge is 0.108 e. The Morgan fingerprint density at radius 2 is 2.36 bits per heavy atom. The van der Waals surface area contributed by atoms with Gasteiger partial charge >= 0.3 is 0 Å². The van der Waals surface area contributed by atoms with E-state index in [-0.39, 0.29) is 0 Å². The molecule has 1 heterocycles. The Morgan fingerprint density at radius 3 is 3.18 bits per heavy atom. The summed E-state index contributed by atoms with van der Waals surface area (Å²) < 4.78 is 0.